The molecule has 0 radical (unpaired) electrons. The molecule has 1 atom stereocenters. The number of carboxylic acid groups (broad SMARTS) is 1. The molecular weight excluding hydrogens is 242 g/mol. The molecule has 1 aromatic carbocycles. The minimum Gasteiger partial charge on any atom is -0.491 e. The van der Waals surface area contributed by atoms with Crippen molar-refractivity contribution in [3.8, 4) is 5.75 Å². The summed E-state index contributed by atoms with van der Waals surface area (Å²) in [5.74, 6) is -0.183. The van der Waals surface area contributed by atoms with Gasteiger partial charge in [0, 0.05) is 0 Å². The molecule has 2 N–H and O–H groups in total. The Balaban J connectivity index is 2.67. The highest BCUT2D eigenvalue weighted by Crippen LogP contribution is 2.16. The molecule has 106 valence electrons. The largest absolute Gasteiger partial charge is 0.491 e. The first kappa shape index (κ1) is 15.5. The zero-order valence-corrected chi connectivity index (χ0v) is 11.9. The molecule has 0 amide bonds. The Morgan fingerprint density at radius 1 is 1.42 bits per heavy atom. The van der Waals surface area contributed by atoms with Crippen LogP contribution in [0.4, 0.5) is 0 Å². The Labute approximate surface area is 114 Å². The van der Waals surface area contributed by atoms with E-state index in [-0.39, 0.29) is 6.61 Å². The van der Waals surface area contributed by atoms with Crippen LogP contribution in [-0.4, -0.2) is 29.8 Å². The van der Waals surface area contributed by atoms with Crippen LogP contribution in [0.25, 0.3) is 0 Å². The maximum Gasteiger partial charge on any atom is 0.327 e. The van der Waals surface area contributed by atoms with Crippen LogP contribution in [-0.2, 0) is 11.2 Å². The minimum atomic E-state index is -1.06. The maximum atomic E-state index is 11.3. The van der Waals surface area contributed by atoms with Crippen LogP contribution in [0.1, 0.15) is 32.8 Å². The van der Waals surface area contributed by atoms with Crippen molar-refractivity contribution < 1.29 is 14.6 Å². The molecule has 1 rings (SSSR count). The first-order chi connectivity index (χ1) is 9.01. The molecule has 0 aliphatic heterocycles. The smallest absolute Gasteiger partial charge is 0.327 e. The van der Waals surface area contributed by atoms with Crippen molar-refractivity contribution in [2.45, 2.75) is 39.2 Å². The van der Waals surface area contributed by atoms with Crippen molar-refractivity contribution in [3.63, 3.8) is 0 Å². The molecular formula is C15H23NO3. The van der Waals surface area contributed by atoms with Gasteiger partial charge in [-0.3, -0.25) is 10.1 Å². The van der Waals surface area contributed by atoms with Gasteiger partial charge in [0.2, 0.25) is 0 Å². The van der Waals surface area contributed by atoms with E-state index in [0.717, 1.165) is 12.8 Å². The van der Waals surface area contributed by atoms with Crippen LogP contribution in [0.5, 0.6) is 5.75 Å². The van der Waals surface area contributed by atoms with Crippen LogP contribution in [0.15, 0.2) is 24.3 Å². The number of aryl methyl sites for hydroxylation is 1. The third-order valence-corrected chi connectivity index (χ3v) is 3.07. The highest BCUT2D eigenvalue weighted by atomic mass is 16.5. The second-order valence-corrected chi connectivity index (χ2v) is 4.85. The Kier molecular flexibility index (Phi) is 5.83. The van der Waals surface area contributed by atoms with Gasteiger partial charge in [-0.05, 0) is 44.0 Å². The summed E-state index contributed by atoms with van der Waals surface area (Å²) >= 11 is 0. The highest BCUT2D eigenvalue weighted by molar-refractivity contribution is 5.78. The van der Waals surface area contributed by atoms with E-state index in [0.29, 0.717) is 12.3 Å². The quantitative estimate of drug-likeness (QED) is 0.758. The molecule has 19 heavy (non-hydrogen) atoms. The fourth-order valence-corrected chi connectivity index (χ4v) is 1.67. The lowest BCUT2D eigenvalue weighted by Gasteiger charge is -2.26. The number of carbonyl (C=O) groups is 1. The van der Waals surface area contributed by atoms with Gasteiger partial charge in [-0.2, -0.15) is 0 Å². The van der Waals surface area contributed by atoms with E-state index >= 15 is 0 Å². The number of rotatable bonds is 8. The van der Waals surface area contributed by atoms with Crippen LogP contribution >= 0.6 is 0 Å². The zero-order valence-electron chi connectivity index (χ0n) is 11.9. The monoisotopic (exact) mass is 265 g/mol. The first-order valence-corrected chi connectivity index (χ1v) is 6.72. The summed E-state index contributed by atoms with van der Waals surface area (Å²) in [5, 5.41) is 12.3. The predicted octanol–water partition coefficient (Wildman–Crippen LogP) is 2.47. The molecule has 1 unspecified atom stereocenters. The first-order valence-electron chi connectivity index (χ1n) is 6.72. The van der Waals surface area contributed by atoms with Crippen LogP contribution in [0, 0.1) is 0 Å². The molecule has 0 fully saturated rings. The van der Waals surface area contributed by atoms with Gasteiger partial charge >= 0.3 is 5.97 Å². The maximum absolute atomic E-state index is 11.3. The topological polar surface area (TPSA) is 58.6 Å². The molecule has 4 nitrogen and oxygen atoms in total. The third-order valence-electron chi connectivity index (χ3n) is 3.07. The Bertz CT molecular complexity index is 420. The van der Waals surface area contributed by atoms with E-state index in [4.69, 9.17) is 4.74 Å². The van der Waals surface area contributed by atoms with Gasteiger partial charge < -0.3 is 9.84 Å². The lowest BCUT2D eigenvalue weighted by atomic mass is 10.0. The van der Waals surface area contributed by atoms with Gasteiger partial charge in [0.25, 0.3) is 0 Å². The van der Waals surface area contributed by atoms with Crippen molar-refractivity contribution in [2.24, 2.45) is 0 Å². The lowest BCUT2D eigenvalue weighted by molar-refractivity contribution is -0.145. The van der Waals surface area contributed by atoms with E-state index < -0.39 is 11.5 Å². The molecule has 0 heterocycles. The zero-order chi connectivity index (χ0) is 14.3. The molecule has 4 heteroatoms. The molecule has 0 aromatic heterocycles. The summed E-state index contributed by atoms with van der Waals surface area (Å²) in [6, 6.07) is 7.74. The lowest BCUT2D eigenvalue weighted by Crippen LogP contribution is -2.54. The number of nitrogens with one attached hydrogen (secondary N) is 1. The average Bonchev–Trinajstić information content (AvgIpc) is 2.43. The number of hydrogen-bond donors (Lipinski definition) is 2. The van der Waals surface area contributed by atoms with Gasteiger partial charge in [-0.1, -0.05) is 26.0 Å². The van der Waals surface area contributed by atoms with Crippen molar-refractivity contribution in [1.29, 1.82) is 0 Å². The summed E-state index contributed by atoms with van der Waals surface area (Å²) in [6.07, 6.45) is 1.82. The number of aliphatic carboxylic acids is 1. The normalized spacial score (nSPS) is 13.8. The van der Waals surface area contributed by atoms with Gasteiger partial charge in [-0.25, -0.2) is 0 Å². The van der Waals surface area contributed by atoms with Crippen LogP contribution in [0.3, 0.4) is 0 Å². The van der Waals surface area contributed by atoms with Gasteiger partial charge in [0.1, 0.15) is 17.9 Å². The Morgan fingerprint density at radius 2 is 2.16 bits per heavy atom. The second kappa shape index (κ2) is 7.14. The van der Waals surface area contributed by atoms with E-state index in [9.17, 15) is 9.90 Å². The minimum absolute atomic E-state index is 0.107. The van der Waals surface area contributed by atoms with Crippen molar-refractivity contribution in [3.05, 3.63) is 29.8 Å². The molecule has 0 aliphatic rings. The van der Waals surface area contributed by atoms with Gasteiger partial charge in [0.05, 0.1) is 0 Å². The number of hydrogen-bond acceptors (Lipinski definition) is 3. The molecule has 0 saturated heterocycles. The Morgan fingerprint density at radius 3 is 2.74 bits per heavy atom. The highest BCUT2D eigenvalue weighted by Gasteiger charge is 2.33. The second-order valence-electron chi connectivity index (χ2n) is 4.85. The summed E-state index contributed by atoms with van der Waals surface area (Å²) < 4.78 is 5.63. The summed E-state index contributed by atoms with van der Waals surface area (Å²) in [5.41, 5.74) is 0.120. The fourth-order valence-electron chi connectivity index (χ4n) is 1.67. The van der Waals surface area contributed by atoms with E-state index in [1.165, 1.54) is 5.56 Å². The van der Waals surface area contributed by atoms with E-state index in [1.54, 1.807) is 6.92 Å². The standard InChI is InChI=1S/C15H23NO3/c1-4-9-16-15(3,14(17)18)11-19-13-8-6-7-12(5-2)10-13/h6-8,10,16H,4-5,9,11H2,1-3H3,(H,17,18). The SMILES string of the molecule is CCCNC(C)(COc1cccc(CC)c1)C(=O)O. The van der Waals surface area contributed by atoms with E-state index in [1.807, 2.05) is 31.2 Å². The summed E-state index contributed by atoms with van der Waals surface area (Å²) in [6.45, 7) is 6.48. The number of benzene rings is 1. The number of carboxylic acids is 1. The predicted molar refractivity (Wildman–Crippen MR) is 75.6 cm³/mol. The number of ether oxygens (including phenoxy) is 1. The third kappa shape index (κ3) is 4.56. The summed E-state index contributed by atoms with van der Waals surface area (Å²) in [4.78, 5) is 11.3. The molecule has 1 aromatic rings. The fraction of sp³-hybridized carbons (Fsp3) is 0.533. The molecule has 0 bridgehead atoms. The van der Waals surface area contributed by atoms with Crippen molar-refractivity contribution in [2.75, 3.05) is 13.2 Å². The Hall–Kier alpha value is -1.55. The molecule has 0 saturated carbocycles. The van der Waals surface area contributed by atoms with Crippen LogP contribution in [0.2, 0.25) is 0 Å². The van der Waals surface area contributed by atoms with Gasteiger partial charge in [0.15, 0.2) is 0 Å². The van der Waals surface area contributed by atoms with Crippen LogP contribution < -0.4 is 10.1 Å². The van der Waals surface area contributed by atoms with Crippen molar-refractivity contribution >= 4 is 5.97 Å². The van der Waals surface area contributed by atoms with Gasteiger partial charge in [-0.15, -0.1) is 0 Å². The average molecular weight is 265 g/mol. The van der Waals surface area contributed by atoms with E-state index in [2.05, 4.69) is 12.2 Å². The van der Waals surface area contributed by atoms with Crippen molar-refractivity contribution in [1.82, 2.24) is 5.32 Å². The molecule has 0 spiro atoms. The summed E-state index contributed by atoms with van der Waals surface area (Å²) in [7, 11) is 0. The molecule has 0 aliphatic carbocycles.